The third-order valence-electron chi connectivity index (χ3n) is 4.09. The van der Waals surface area contributed by atoms with Crippen molar-refractivity contribution in [3.63, 3.8) is 0 Å². The highest BCUT2D eigenvalue weighted by molar-refractivity contribution is 9.10. The number of β-amino-alcohol motifs (C(OH)–C–C–N with tert-alkyl or cyclic N) is 1. The summed E-state index contributed by atoms with van der Waals surface area (Å²) >= 11 is 3.49. The summed E-state index contributed by atoms with van der Waals surface area (Å²) in [5, 5.41) is 9.90. The van der Waals surface area contributed by atoms with Crippen LogP contribution in [0.1, 0.15) is 24.4 Å². The highest BCUT2D eigenvalue weighted by Crippen LogP contribution is 2.23. The van der Waals surface area contributed by atoms with Gasteiger partial charge in [0.15, 0.2) is 0 Å². The van der Waals surface area contributed by atoms with Crippen molar-refractivity contribution in [3.8, 4) is 0 Å². The average molecular weight is 356 g/mol. The van der Waals surface area contributed by atoms with E-state index in [0.29, 0.717) is 6.04 Å². The van der Waals surface area contributed by atoms with Crippen molar-refractivity contribution in [2.45, 2.75) is 31.0 Å². The van der Waals surface area contributed by atoms with Gasteiger partial charge >= 0.3 is 0 Å². The molecule has 1 aromatic carbocycles. The molecule has 5 heteroatoms. The molecule has 2 rings (SSSR count). The summed E-state index contributed by atoms with van der Waals surface area (Å²) in [6.45, 7) is 2.69. The number of likely N-dealkylation sites (tertiary alicyclic amines) is 1. The summed E-state index contributed by atoms with van der Waals surface area (Å²) in [5.74, 6) is 0. The van der Waals surface area contributed by atoms with Gasteiger partial charge in [0.25, 0.3) is 0 Å². The maximum atomic E-state index is 9.90. The van der Waals surface area contributed by atoms with Gasteiger partial charge in [0.1, 0.15) is 0 Å². The number of rotatable bonds is 6. The summed E-state index contributed by atoms with van der Waals surface area (Å²) < 4.78 is 1.07. The number of nitrogens with two attached hydrogens (primary N) is 1. The highest BCUT2D eigenvalue weighted by Gasteiger charge is 2.30. The summed E-state index contributed by atoms with van der Waals surface area (Å²) in [6, 6.07) is 8.67. The van der Waals surface area contributed by atoms with Crippen LogP contribution >= 0.6 is 15.9 Å². The minimum atomic E-state index is -0.197. The van der Waals surface area contributed by atoms with Crippen molar-refractivity contribution in [3.05, 3.63) is 34.3 Å². The number of benzene rings is 1. The van der Waals surface area contributed by atoms with Gasteiger partial charge in [0.2, 0.25) is 0 Å². The fourth-order valence-electron chi connectivity index (χ4n) is 3.05. The van der Waals surface area contributed by atoms with E-state index < -0.39 is 0 Å². The molecule has 1 aromatic rings. The molecule has 4 nitrogen and oxygen atoms in total. The Morgan fingerprint density at radius 2 is 2.24 bits per heavy atom. The van der Waals surface area contributed by atoms with Gasteiger partial charge in [0, 0.05) is 36.2 Å². The Bertz CT molecular complexity index is 455. The third kappa shape index (κ3) is 5.04. The quantitative estimate of drug-likeness (QED) is 0.817. The van der Waals surface area contributed by atoms with Gasteiger partial charge in [-0.25, -0.2) is 0 Å². The Morgan fingerprint density at radius 3 is 2.90 bits per heavy atom. The molecule has 1 saturated heterocycles. The lowest BCUT2D eigenvalue weighted by Gasteiger charge is -2.27. The molecule has 0 aromatic heterocycles. The number of hydrogen-bond acceptors (Lipinski definition) is 4. The monoisotopic (exact) mass is 355 g/mol. The van der Waals surface area contributed by atoms with Crippen LogP contribution in [0.15, 0.2) is 28.7 Å². The second-order valence-electron chi connectivity index (χ2n) is 6.25. The van der Waals surface area contributed by atoms with Crippen LogP contribution in [0.25, 0.3) is 0 Å². The van der Waals surface area contributed by atoms with Crippen LogP contribution < -0.4 is 5.73 Å². The first kappa shape index (κ1) is 16.9. The second kappa shape index (κ2) is 7.70. The van der Waals surface area contributed by atoms with E-state index >= 15 is 0 Å². The lowest BCUT2D eigenvalue weighted by molar-refractivity contribution is 0.170. The lowest BCUT2D eigenvalue weighted by Crippen LogP contribution is -2.38. The van der Waals surface area contributed by atoms with Gasteiger partial charge in [-0.15, -0.1) is 0 Å². The predicted molar refractivity (Wildman–Crippen MR) is 90.2 cm³/mol. The second-order valence-corrected chi connectivity index (χ2v) is 7.17. The van der Waals surface area contributed by atoms with E-state index in [9.17, 15) is 5.11 Å². The fraction of sp³-hybridized carbons (Fsp3) is 0.625. The van der Waals surface area contributed by atoms with Crippen molar-refractivity contribution < 1.29 is 5.11 Å². The summed E-state index contributed by atoms with van der Waals surface area (Å²) in [7, 11) is 4.16. The van der Waals surface area contributed by atoms with Crippen LogP contribution in [0.4, 0.5) is 0 Å². The Kier molecular flexibility index (Phi) is 6.20. The number of halogens is 1. The molecular weight excluding hydrogens is 330 g/mol. The summed E-state index contributed by atoms with van der Waals surface area (Å²) in [6.07, 6.45) is 1.58. The van der Waals surface area contributed by atoms with Gasteiger partial charge in [-0.2, -0.15) is 0 Å². The SMILES string of the molecule is CN(C)CC1CC(O)CN1CCC(N)c1cccc(Br)c1. The first-order valence-corrected chi connectivity index (χ1v) is 8.33. The van der Waals surface area contributed by atoms with E-state index in [1.165, 1.54) is 0 Å². The standard InChI is InChI=1S/C16H26BrN3O/c1-19(2)10-14-9-15(21)11-20(14)7-6-16(18)12-4-3-5-13(17)8-12/h3-5,8,14-16,21H,6-7,9-11,18H2,1-2H3. The third-order valence-corrected chi connectivity index (χ3v) is 4.58. The zero-order valence-electron chi connectivity index (χ0n) is 12.9. The van der Waals surface area contributed by atoms with Crippen LogP contribution in [-0.2, 0) is 0 Å². The first-order valence-electron chi connectivity index (χ1n) is 7.53. The molecule has 0 aliphatic carbocycles. The van der Waals surface area contributed by atoms with Gasteiger partial charge in [-0.05, 0) is 44.6 Å². The molecule has 0 amide bonds. The average Bonchev–Trinajstić information content (AvgIpc) is 2.75. The summed E-state index contributed by atoms with van der Waals surface area (Å²) in [5.41, 5.74) is 7.46. The molecule has 1 fully saturated rings. The van der Waals surface area contributed by atoms with E-state index in [4.69, 9.17) is 5.73 Å². The van der Waals surface area contributed by atoms with E-state index in [1.54, 1.807) is 0 Å². The van der Waals surface area contributed by atoms with Crippen LogP contribution in [0, 0.1) is 0 Å². The van der Waals surface area contributed by atoms with Crippen LogP contribution in [0.5, 0.6) is 0 Å². The topological polar surface area (TPSA) is 52.7 Å². The lowest BCUT2D eigenvalue weighted by atomic mass is 10.0. The Hall–Kier alpha value is -0.460. The van der Waals surface area contributed by atoms with E-state index in [-0.39, 0.29) is 12.1 Å². The molecule has 3 atom stereocenters. The Morgan fingerprint density at radius 1 is 1.48 bits per heavy atom. The largest absolute Gasteiger partial charge is 0.392 e. The van der Waals surface area contributed by atoms with Crippen molar-refractivity contribution in [1.29, 1.82) is 0 Å². The highest BCUT2D eigenvalue weighted by atomic mass is 79.9. The number of aliphatic hydroxyl groups excluding tert-OH is 1. The molecule has 118 valence electrons. The van der Waals surface area contributed by atoms with E-state index in [1.807, 2.05) is 12.1 Å². The van der Waals surface area contributed by atoms with Crippen LogP contribution in [0.3, 0.4) is 0 Å². The molecule has 1 aliphatic heterocycles. The van der Waals surface area contributed by atoms with Crippen molar-refractivity contribution in [2.24, 2.45) is 5.73 Å². The number of aliphatic hydroxyl groups is 1. The van der Waals surface area contributed by atoms with Gasteiger partial charge in [-0.1, -0.05) is 28.1 Å². The molecule has 1 aliphatic rings. The molecule has 0 bridgehead atoms. The smallest absolute Gasteiger partial charge is 0.0682 e. The molecule has 3 unspecified atom stereocenters. The zero-order valence-corrected chi connectivity index (χ0v) is 14.5. The molecule has 0 radical (unpaired) electrons. The number of hydrogen-bond donors (Lipinski definition) is 2. The minimum absolute atomic E-state index is 0.0419. The maximum absolute atomic E-state index is 9.90. The molecule has 0 spiro atoms. The van der Waals surface area contributed by atoms with E-state index in [0.717, 1.165) is 42.5 Å². The van der Waals surface area contributed by atoms with Crippen molar-refractivity contribution in [1.82, 2.24) is 9.80 Å². The molecule has 1 heterocycles. The molecule has 0 saturated carbocycles. The fourth-order valence-corrected chi connectivity index (χ4v) is 3.47. The van der Waals surface area contributed by atoms with Gasteiger partial charge < -0.3 is 15.7 Å². The number of nitrogens with zero attached hydrogens (tertiary/aromatic N) is 2. The molecule has 3 N–H and O–H groups in total. The molecule has 21 heavy (non-hydrogen) atoms. The maximum Gasteiger partial charge on any atom is 0.0682 e. The van der Waals surface area contributed by atoms with Crippen molar-refractivity contribution >= 4 is 15.9 Å². The van der Waals surface area contributed by atoms with E-state index in [2.05, 4.69) is 52.0 Å². The molecular formula is C16H26BrN3O. The first-order chi connectivity index (χ1) is 9.95. The van der Waals surface area contributed by atoms with Crippen molar-refractivity contribution in [2.75, 3.05) is 33.7 Å². The van der Waals surface area contributed by atoms with Gasteiger partial charge in [0.05, 0.1) is 6.10 Å². The predicted octanol–water partition coefficient (Wildman–Crippen LogP) is 1.84. The Labute approximate surface area is 136 Å². The van der Waals surface area contributed by atoms with Gasteiger partial charge in [-0.3, -0.25) is 4.90 Å². The summed E-state index contributed by atoms with van der Waals surface area (Å²) in [4.78, 5) is 4.56. The minimum Gasteiger partial charge on any atom is -0.392 e. The number of likely N-dealkylation sites (N-methyl/N-ethyl adjacent to an activating group) is 1. The normalized spacial score (nSPS) is 24.7. The zero-order chi connectivity index (χ0) is 15.4. The van der Waals surface area contributed by atoms with Crippen LogP contribution in [-0.4, -0.2) is 60.8 Å². The Balaban J connectivity index is 1.89. The van der Waals surface area contributed by atoms with Crippen LogP contribution in [0.2, 0.25) is 0 Å².